The van der Waals surface area contributed by atoms with Gasteiger partial charge in [-0.2, -0.15) is 0 Å². The first-order valence-electron chi connectivity index (χ1n) is 5.64. The van der Waals surface area contributed by atoms with Gasteiger partial charge in [-0.15, -0.1) is 0 Å². The van der Waals surface area contributed by atoms with E-state index in [2.05, 4.69) is 5.32 Å². The number of carbonyl (C=O) groups is 1. The molecular weight excluding hydrogens is 178 g/mol. The topological polar surface area (TPSA) is 38.3 Å². The van der Waals surface area contributed by atoms with Crippen molar-refractivity contribution in [2.75, 3.05) is 13.2 Å². The molecule has 80 valence electrons. The summed E-state index contributed by atoms with van der Waals surface area (Å²) < 4.78 is 5.37. The third-order valence-electron chi connectivity index (χ3n) is 3.82. The van der Waals surface area contributed by atoms with Gasteiger partial charge in [-0.05, 0) is 31.1 Å². The minimum absolute atomic E-state index is 0.195. The number of hydrogen-bond donors (Lipinski definition) is 1. The Morgan fingerprint density at radius 2 is 2.14 bits per heavy atom. The average Bonchev–Trinajstić information content (AvgIpc) is 2.25. The molecule has 1 amide bonds. The first-order chi connectivity index (χ1) is 6.77. The molecule has 0 bridgehead atoms. The molecule has 1 spiro atoms. The number of hydrogen-bond acceptors (Lipinski definition) is 2. The zero-order valence-corrected chi connectivity index (χ0v) is 8.84. The van der Waals surface area contributed by atoms with Gasteiger partial charge in [0.15, 0.2) is 0 Å². The van der Waals surface area contributed by atoms with Crippen molar-refractivity contribution >= 4 is 5.91 Å². The van der Waals surface area contributed by atoms with Crippen LogP contribution in [0, 0.1) is 5.41 Å². The van der Waals surface area contributed by atoms with E-state index >= 15 is 0 Å². The Hall–Kier alpha value is -0.570. The third kappa shape index (κ3) is 1.65. The van der Waals surface area contributed by atoms with Gasteiger partial charge in [-0.3, -0.25) is 4.79 Å². The number of amides is 1. The van der Waals surface area contributed by atoms with E-state index in [9.17, 15) is 4.79 Å². The van der Waals surface area contributed by atoms with Crippen molar-refractivity contribution in [3.63, 3.8) is 0 Å². The van der Waals surface area contributed by atoms with Gasteiger partial charge in [0.1, 0.15) is 0 Å². The zero-order chi connectivity index (χ0) is 10.0. The maximum absolute atomic E-state index is 11.3. The molecule has 1 saturated heterocycles. The van der Waals surface area contributed by atoms with Gasteiger partial charge >= 0.3 is 0 Å². The first kappa shape index (κ1) is 9.97. The molecule has 1 unspecified atom stereocenters. The summed E-state index contributed by atoms with van der Waals surface area (Å²) in [6.07, 6.45) is 5.28. The Balaban J connectivity index is 1.90. The standard InChI is InChI=1S/C11H19NO2/c1-2-10(13)12-9-3-4-11(9)5-7-14-8-6-11/h9H,2-8H2,1H3,(H,12,13). The Morgan fingerprint density at radius 3 is 2.64 bits per heavy atom. The molecule has 1 heterocycles. The highest BCUT2D eigenvalue weighted by molar-refractivity contribution is 5.76. The van der Waals surface area contributed by atoms with Crippen LogP contribution in [0.15, 0.2) is 0 Å². The summed E-state index contributed by atoms with van der Waals surface area (Å²) >= 11 is 0. The molecule has 0 radical (unpaired) electrons. The van der Waals surface area contributed by atoms with Gasteiger partial charge in [0.05, 0.1) is 0 Å². The molecule has 0 aromatic rings. The lowest BCUT2D eigenvalue weighted by molar-refractivity contribution is -0.126. The first-order valence-corrected chi connectivity index (χ1v) is 5.64. The second-order valence-corrected chi connectivity index (χ2v) is 4.49. The summed E-state index contributed by atoms with van der Waals surface area (Å²) in [6, 6.07) is 0.429. The molecule has 1 atom stereocenters. The van der Waals surface area contributed by atoms with Gasteiger partial charge in [0.2, 0.25) is 5.91 Å². The van der Waals surface area contributed by atoms with Crippen molar-refractivity contribution in [1.82, 2.24) is 5.32 Å². The molecule has 2 aliphatic rings. The molecule has 0 aromatic heterocycles. The summed E-state index contributed by atoms with van der Waals surface area (Å²) in [7, 11) is 0. The van der Waals surface area contributed by atoms with Crippen LogP contribution < -0.4 is 5.32 Å². The Kier molecular flexibility index (Phi) is 2.77. The van der Waals surface area contributed by atoms with Crippen LogP contribution in [0.4, 0.5) is 0 Å². The Morgan fingerprint density at radius 1 is 1.43 bits per heavy atom. The molecule has 3 heteroatoms. The minimum atomic E-state index is 0.195. The van der Waals surface area contributed by atoms with Crippen molar-refractivity contribution in [3.8, 4) is 0 Å². The molecule has 3 nitrogen and oxygen atoms in total. The molecule has 2 rings (SSSR count). The summed E-state index contributed by atoms with van der Waals surface area (Å²) in [6.45, 7) is 3.65. The summed E-state index contributed by atoms with van der Waals surface area (Å²) in [5, 5.41) is 3.13. The van der Waals surface area contributed by atoms with Crippen molar-refractivity contribution in [2.24, 2.45) is 5.41 Å². The quantitative estimate of drug-likeness (QED) is 0.728. The smallest absolute Gasteiger partial charge is 0.219 e. The Labute approximate surface area is 85.2 Å². The van der Waals surface area contributed by atoms with Gasteiger partial charge in [0.25, 0.3) is 0 Å². The average molecular weight is 197 g/mol. The lowest BCUT2D eigenvalue weighted by Gasteiger charge is -2.52. The van der Waals surface area contributed by atoms with Crippen molar-refractivity contribution in [1.29, 1.82) is 0 Å². The van der Waals surface area contributed by atoms with Gasteiger partial charge in [0, 0.05) is 25.7 Å². The molecule has 1 N–H and O–H groups in total. The summed E-state index contributed by atoms with van der Waals surface area (Å²) in [5.74, 6) is 0.195. The molecule has 14 heavy (non-hydrogen) atoms. The highest BCUT2D eigenvalue weighted by atomic mass is 16.5. The third-order valence-corrected chi connectivity index (χ3v) is 3.82. The number of nitrogens with one attached hydrogen (secondary N) is 1. The largest absolute Gasteiger partial charge is 0.381 e. The van der Waals surface area contributed by atoms with Crippen molar-refractivity contribution < 1.29 is 9.53 Å². The SMILES string of the molecule is CCC(=O)NC1CCC12CCOCC2. The lowest BCUT2D eigenvalue weighted by atomic mass is 9.60. The molecule has 1 aliphatic carbocycles. The van der Waals surface area contributed by atoms with E-state index < -0.39 is 0 Å². The second kappa shape index (κ2) is 3.89. The fourth-order valence-electron chi connectivity index (χ4n) is 2.59. The number of carbonyl (C=O) groups excluding carboxylic acids is 1. The normalized spacial score (nSPS) is 29.6. The molecular formula is C11H19NO2. The van der Waals surface area contributed by atoms with E-state index in [0.717, 1.165) is 32.5 Å². The monoisotopic (exact) mass is 197 g/mol. The van der Waals surface area contributed by atoms with Crippen LogP contribution in [0.2, 0.25) is 0 Å². The molecule has 2 fully saturated rings. The van der Waals surface area contributed by atoms with Crippen molar-refractivity contribution in [3.05, 3.63) is 0 Å². The maximum atomic E-state index is 11.3. The fraction of sp³-hybridized carbons (Fsp3) is 0.909. The molecule has 0 aromatic carbocycles. The van der Waals surface area contributed by atoms with Crippen LogP contribution in [0.3, 0.4) is 0 Å². The van der Waals surface area contributed by atoms with E-state index in [1.54, 1.807) is 0 Å². The lowest BCUT2D eigenvalue weighted by Crippen LogP contribution is -2.57. The van der Waals surface area contributed by atoms with E-state index in [-0.39, 0.29) is 5.91 Å². The Bertz CT molecular complexity index is 221. The highest BCUT2D eigenvalue weighted by Crippen LogP contribution is 2.48. The molecule has 1 saturated carbocycles. The highest BCUT2D eigenvalue weighted by Gasteiger charge is 2.47. The number of rotatable bonds is 2. The van der Waals surface area contributed by atoms with Gasteiger partial charge in [-0.1, -0.05) is 6.92 Å². The van der Waals surface area contributed by atoms with E-state index in [1.807, 2.05) is 6.92 Å². The van der Waals surface area contributed by atoms with Crippen LogP contribution >= 0.6 is 0 Å². The number of ether oxygens (including phenoxy) is 1. The second-order valence-electron chi connectivity index (χ2n) is 4.49. The van der Waals surface area contributed by atoms with Crippen LogP contribution in [0.5, 0.6) is 0 Å². The van der Waals surface area contributed by atoms with Gasteiger partial charge in [-0.25, -0.2) is 0 Å². The van der Waals surface area contributed by atoms with Gasteiger partial charge < -0.3 is 10.1 Å². The van der Waals surface area contributed by atoms with E-state index in [4.69, 9.17) is 4.74 Å². The van der Waals surface area contributed by atoms with Crippen molar-refractivity contribution in [2.45, 2.75) is 45.1 Å². The van der Waals surface area contributed by atoms with Crippen LogP contribution in [0.1, 0.15) is 39.0 Å². The summed E-state index contributed by atoms with van der Waals surface area (Å²) in [5.41, 5.74) is 0.392. The van der Waals surface area contributed by atoms with E-state index in [1.165, 1.54) is 6.42 Å². The predicted octanol–water partition coefficient (Wildman–Crippen LogP) is 1.47. The van der Waals surface area contributed by atoms with E-state index in [0.29, 0.717) is 17.9 Å². The fourth-order valence-corrected chi connectivity index (χ4v) is 2.59. The minimum Gasteiger partial charge on any atom is -0.381 e. The predicted molar refractivity (Wildman–Crippen MR) is 53.9 cm³/mol. The maximum Gasteiger partial charge on any atom is 0.219 e. The zero-order valence-electron chi connectivity index (χ0n) is 8.84. The molecule has 1 aliphatic heterocycles. The summed E-state index contributed by atoms with van der Waals surface area (Å²) in [4.78, 5) is 11.3. The van der Waals surface area contributed by atoms with Crippen LogP contribution in [-0.2, 0) is 9.53 Å². The van der Waals surface area contributed by atoms with Crippen LogP contribution in [-0.4, -0.2) is 25.2 Å². The van der Waals surface area contributed by atoms with Crippen LogP contribution in [0.25, 0.3) is 0 Å².